The molecule has 84 valence electrons. The summed E-state index contributed by atoms with van der Waals surface area (Å²) in [7, 11) is 0. The van der Waals surface area contributed by atoms with Crippen molar-refractivity contribution in [2.45, 2.75) is 65.5 Å². The van der Waals surface area contributed by atoms with E-state index in [1.807, 2.05) is 27.7 Å². The zero-order valence-corrected chi connectivity index (χ0v) is 10.2. The van der Waals surface area contributed by atoms with E-state index in [0.717, 1.165) is 6.42 Å². The van der Waals surface area contributed by atoms with Gasteiger partial charge in [0.05, 0.1) is 0 Å². The highest BCUT2D eigenvalue weighted by molar-refractivity contribution is 5.85. The first-order valence-corrected chi connectivity index (χ1v) is 5.22. The first kappa shape index (κ1) is 13.6. The first-order valence-electron chi connectivity index (χ1n) is 5.22. The van der Waals surface area contributed by atoms with Gasteiger partial charge in [-0.2, -0.15) is 5.06 Å². The average Bonchev–Trinajstić information content (AvgIpc) is 2.15. The Labute approximate surface area is 87.1 Å². The van der Waals surface area contributed by atoms with Crippen LogP contribution in [0.25, 0.3) is 0 Å². The van der Waals surface area contributed by atoms with Gasteiger partial charge < -0.3 is 5.21 Å². The van der Waals surface area contributed by atoms with Crippen molar-refractivity contribution in [2.75, 3.05) is 0 Å². The van der Waals surface area contributed by atoms with Gasteiger partial charge in [-0.25, -0.2) is 0 Å². The van der Waals surface area contributed by atoms with Gasteiger partial charge in [-0.15, -0.1) is 0 Å². The number of hydrogen-bond donors (Lipinski definition) is 1. The van der Waals surface area contributed by atoms with E-state index >= 15 is 0 Å². The van der Waals surface area contributed by atoms with Crippen molar-refractivity contribution in [1.29, 1.82) is 0 Å². The lowest BCUT2D eigenvalue weighted by atomic mass is 9.88. The van der Waals surface area contributed by atoms with E-state index in [1.165, 1.54) is 12.0 Å². The number of carbonyl (C=O) groups excluding carboxylic acids is 1. The van der Waals surface area contributed by atoms with Crippen molar-refractivity contribution >= 4 is 5.78 Å². The van der Waals surface area contributed by atoms with Gasteiger partial charge in [0.1, 0.15) is 5.54 Å². The molecule has 0 saturated heterocycles. The molecule has 0 spiro atoms. The molecule has 0 aromatic rings. The van der Waals surface area contributed by atoms with Crippen molar-refractivity contribution in [3.8, 4) is 0 Å². The number of nitrogens with zero attached hydrogens (tertiary/aromatic N) is 1. The van der Waals surface area contributed by atoms with E-state index in [1.54, 1.807) is 6.92 Å². The van der Waals surface area contributed by atoms with Crippen molar-refractivity contribution in [3.63, 3.8) is 0 Å². The molecule has 14 heavy (non-hydrogen) atoms. The van der Waals surface area contributed by atoms with Crippen LogP contribution in [0.15, 0.2) is 0 Å². The van der Waals surface area contributed by atoms with Crippen LogP contribution in [0.5, 0.6) is 0 Å². The molecular formula is C11H23NO2. The molecule has 1 atom stereocenters. The maximum Gasteiger partial charge on any atom is 0.152 e. The molecule has 0 bridgehead atoms. The smallest absolute Gasteiger partial charge is 0.152 e. The van der Waals surface area contributed by atoms with Gasteiger partial charge in [-0.3, -0.25) is 4.79 Å². The highest BCUT2D eigenvalue weighted by Crippen LogP contribution is 2.28. The van der Waals surface area contributed by atoms with E-state index < -0.39 is 5.54 Å². The van der Waals surface area contributed by atoms with Gasteiger partial charge in [0.25, 0.3) is 0 Å². The van der Waals surface area contributed by atoms with E-state index in [0.29, 0.717) is 6.42 Å². The molecule has 1 unspecified atom stereocenters. The number of carbonyl (C=O) groups is 1. The molecule has 0 rings (SSSR count). The number of ketones is 1. The molecule has 0 aliphatic heterocycles. The normalized spacial score (nSPS) is 16.9. The Hall–Kier alpha value is -0.410. The summed E-state index contributed by atoms with van der Waals surface area (Å²) < 4.78 is 0. The fourth-order valence-corrected chi connectivity index (χ4v) is 1.37. The van der Waals surface area contributed by atoms with Crippen molar-refractivity contribution in [1.82, 2.24) is 5.06 Å². The molecule has 0 heterocycles. The van der Waals surface area contributed by atoms with Crippen LogP contribution in [0, 0.1) is 0 Å². The Morgan fingerprint density at radius 2 is 1.64 bits per heavy atom. The van der Waals surface area contributed by atoms with Crippen LogP contribution in [0.2, 0.25) is 0 Å². The van der Waals surface area contributed by atoms with Crippen LogP contribution < -0.4 is 0 Å². The summed E-state index contributed by atoms with van der Waals surface area (Å²) in [6, 6.07) is 0. The molecule has 0 aromatic heterocycles. The Balaban J connectivity index is 4.97. The standard InChI is InChI=1S/C11H23NO2/c1-7-10(4,5)12(14)11(6,8-2)9(3)13/h14H,7-8H2,1-6H3. The number of Topliss-reactive ketones (excluding diaryl/α,β-unsaturated/α-hetero) is 1. The van der Waals surface area contributed by atoms with Crippen LogP contribution in [-0.2, 0) is 4.79 Å². The van der Waals surface area contributed by atoms with Crippen LogP contribution >= 0.6 is 0 Å². The first-order chi connectivity index (χ1) is 6.22. The van der Waals surface area contributed by atoms with Crippen molar-refractivity contribution in [2.24, 2.45) is 0 Å². The van der Waals surface area contributed by atoms with E-state index in [2.05, 4.69) is 0 Å². The molecule has 0 amide bonds. The van der Waals surface area contributed by atoms with E-state index in [-0.39, 0.29) is 11.3 Å². The molecule has 0 radical (unpaired) electrons. The zero-order chi connectivity index (χ0) is 11.6. The minimum atomic E-state index is -0.764. The van der Waals surface area contributed by atoms with E-state index in [9.17, 15) is 10.0 Å². The summed E-state index contributed by atoms with van der Waals surface area (Å²) in [6.45, 7) is 11.1. The molecule has 0 saturated carbocycles. The summed E-state index contributed by atoms with van der Waals surface area (Å²) in [4.78, 5) is 11.5. The highest BCUT2D eigenvalue weighted by Gasteiger charge is 2.41. The molecule has 0 fully saturated rings. The summed E-state index contributed by atoms with van der Waals surface area (Å²) in [5.41, 5.74) is -1.13. The average molecular weight is 201 g/mol. The van der Waals surface area contributed by atoms with Crippen LogP contribution in [0.1, 0.15) is 54.4 Å². The summed E-state index contributed by atoms with van der Waals surface area (Å²) in [5, 5.41) is 11.3. The van der Waals surface area contributed by atoms with Crippen molar-refractivity contribution in [3.05, 3.63) is 0 Å². The molecule has 0 aliphatic rings. The Morgan fingerprint density at radius 3 is 1.86 bits per heavy atom. The SMILES string of the molecule is CCC(C)(C)N(O)C(C)(CC)C(C)=O. The highest BCUT2D eigenvalue weighted by atomic mass is 16.5. The quantitative estimate of drug-likeness (QED) is 0.695. The molecular weight excluding hydrogens is 178 g/mol. The molecule has 1 N–H and O–H groups in total. The third kappa shape index (κ3) is 2.34. The third-order valence-corrected chi connectivity index (χ3v) is 3.35. The molecule has 0 aliphatic carbocycles. The maximum absolute atomic E-state index is 11.5. The molecule has 0 aromatic carbocycles. The van der Waals surface area contributed by atoms with Gasteiger partial charge in [-0.05, 0) is 40.5 Å². The van der Waals surface area contributed by atoms with Gasteiger partial charge in [0.2, 0.25) is 0 Å². The minimum absolute atomic E-state index is 0.00373. The Kier molecular flexibility index (Phi) is 4.28. The largest absolute Gasteiger partial charge is 0.313 e. The Morgan fingerprint density at radius 1 is 1.21 bits per heavy atom. The predicted octanol–water partition coefficient (Wildman–Crippen LogP) is 2.62. The predicted molar refractivity (Wildman–Crippen MR) is 57.4 cm³/mol. The molecule has 3 heteroatoms. The Bertz CT molecular complexity index is 213. The van der Waals surface area contributed by atoms with Gasteiger partial charge >= 0.3 is 0 Å². The van der Waals surface area contributed by atoms with E-state index in [4.69, 9.17) is 0 Å². The van der Waals surface area contributed by atoms with Gasteiger partial charge in [0.15, 0.2) is 5.78 Å². The van der Waals surface area contributed by atoms with Gasteiger partial charge in [-0.1, -0.05) is 13.8 Å². The molecule has 3 nitrogen and oxygen atoms in total. The second-order valence-electron chi connectivity index (χ2n) is 4.66. The van der Waals surface area contributed by atoms with Gasteiger partial charge in [0, 0.05) is 5.54 Å². The lowest BCUT2D eigenvalue weighted by Gasteiger charge is -2.43. The maximum atomic E-state index is 11.5. The number of hydrogen-bond acceptors (Lipinski definition) is 3. The summed E-state index contributed by atoms with van der Waals surface area (Å²) in [6.07, 6.45) is 1.41. The van der Waals surface area contributed by atoms with Crippen LogP contribution in [0.4, 0.5) is 0 Å². The topological polar surface area (TPSA) is 40.5 Å². The zero-order valence-electron chi connectivity index (χ0n) is 10.2. The number of rotatable bonds is 5. The summed E-state index contributed by atoms with van der Waals surface area (Å²) >= 11 is 0. The third-order valence-electron chi connectivity index (χ3n) is 3.35. The summed E-state index contributed by atoms with van der Waals surface area (Å²) in [5.74, 6) is 0.00373. The van der Waals surface area contributed by atoms with Crippen LogP contribution in [0.3, 0.4) is 0 Å². The van der Waals surface area contributed by atoms with Crippen LogP contribution in [-0.4, -0.2) is 27.1 Å². The lowest BCUT2D eigenvalue weighted by molar-refractivity contribution is -0.225. The number of hydroxylamine groups is 2. The monoisotopic (exact) mass is 201 g/mol. The fraction of sp³-hybridized carbons (Fsp3) is 0.909. The fourth-order valence-electron chi connectivity index (χ4n) is 1.37. The van der Waals surface area contributed by atoms with Crippen molar-refractivity contribution < 1.29 is 10.0 Å². The minimum Gasteiger partial charge on any atom is -0.313 e. The second-order valence-corrected chi connectivity index (χ2v) is 4.66. The lowest BCUT2D eigenvalue weighted by Crippen LogP contribution is -2.58. The second kappa shape index (κ2) is 4.41.